The van der Waals surface area contributed by atoms with E-state index in [1.807, 2.05) is 0 Å². The highest BCUT2D eigenvalue weighted by atomic mass is 16.6. The summed E-state index contributed by atoms with van der Waals surface area (Å²) in [5.74, 6) is -0.117. The van der Waals surface area contributed by atoms with Crippen molar-refractivity contribution in [2.75, 3.05) is 0 Å². The van der Waals surface area contributed by atoms with E-state index < -0.39 is 29.4 Å². The first-order valence-electron chi connectivity index (χ1n) is 6.90. The molecule has 0 aliphatic carbocycles. The molecular weight excluding hydrogens is 288 g/mol. The van der Waals surface area contributed by atoms with Crippen LogP contribution in [0.3, 0.4) is 0 Å². The van der Waals surface area contributed by atoms with Crippen molar-refractivity contribution in [2.45, 2.75) is 38.6 Å². The SMILES string of the molecule is CC(=O)O[C@@H]1[C@H](O)c2c(ccc3ccc(=O)oc23)OC1(C)C. The van der Waals surface area contributed by atoms with Crippen LogP contribution in [0.5, 0.6) is 5.75 Å². The second-order valence-corrected chi connectivity index (χ2v) is 5.83. The van der Waals surface area contributed by atoms with Crippen LogP contribution >= 0.6 is 0 Å². The van der Waals surface area contributed by atoms with Gasteiger partial charge in [0.15, 0.2) is 6.10 Å². The van der Waals surface area contributed by atoms with Crippen LogP contribution in [0.4, 0.5) is 0 Å². The van der Waals surface area contributed by atoms with Crippen molar-refractivity contribution in [2.24, 2.45) is 0 Å². The summed E-state index contributed by atoms with van der Waals surface area (Å²) in [6.45, 7) is 4.71. The third-order valence-electron chi connectivity index (χ3n) is 3.72. The van der Waals surface area contributed by atoms with Gasteiger partial charge in [0.05, 0.1) is 5.56 Å². The second kappa shape index (κ2) is 4.84. The van der Waals surface area contributed by atoms with Crippen LogP contribution in [0.1, 0.15) is 32.4 Å². The Morgan fingerprint density at radius 1 is 1.27 bits per heavy atom. The number of hydrogen-bond donors (Lipinski definition) is 1. The Morgan fingerprint density at radius 2 is 1.95 bits per heavy atom. The van der Waals surface area contributed by atoms with Gasteiger partial charge < -0.3 is 19.0 Å². The first kappa shape index (κ1) is 14.6. The number of carbonyl (C=O) groups excluding carboxylic acids is 1. The van der Waals surface area contributed by atoms with Gasteiger partial charge in [-0.3, -0.25) is 4.79 Å². The van der Waals surface area contributed by atoms with E-state index in [0.29, 0.717) is 16.7 Å². The molecule has 116 valence electrons. The molecule has 0 saturated heterocycles. The Bertz CT molecular complexity index is 804. The maximum absolute atomic E-state index is 11.5. The topological polar surface area (TPSA) is 86.0 Å². The van der Waals surface area contributed by atoms with Crippen molar-refractivity contribution in [3.8, 4) is 5.75 Å². The van der Waals surface area contributed by atoms with Gasteiger partial charge in [0.2, 0.25) is 0 Å². The van der Waals surface area contributed by atoms with Crippen molar-refractivity contribution in [3.05, 3.63) is 40.2 Å². The summed E-state index contributed by atoms with van der Waals surface area (Å²) in [5, 5.41) is 11.3. The normalized spacial score (nSPS) is 22.7. The molecule has 2 heterocycles. The quantitative estimate of drug-likeness (QED) is 0.640. The zero-order valence-electron chi connectivity index (χ0n) is 12.5. The molecule has 1 aliphatic rings. The number of hydrogen-bond acceptors (Lipinski definition) is 6. The summed E-state index contributed by atoms with van der Waals surface area (Å²) < 4.78 is 16.3. The van der Waals surface area contributed by atoms with E-state index in [0.717, 1.165) is 0 Å². The maximum Gasteiger partial charge on any atom is 0.336 e. The van der Waals surface area contributed by atoms with Crippen molar-refractivity contribution < 1.29 is 23.8 Å². The molecule has 1 aromatic carbocycles. The molecular formula is C16H16O6. The molecule has 3 rings (SSSR count). The fraction of sp³-hybridized carbons (Fsp3) is 0.375. The van der Waals surface area contributed by atoms with E-state index in [-0.39, 0.29) is 5.58 Å². The lowest BCUT2D eigenvalue weighted by Crippen LogP contribution is -2.51. The lowest BCUT2D eigenvalue weighted by Gasteiger charge is -2.41. The van der Waals surface area contributed by atoms with Gasteiger partial charge in [0.25, 0.3) is 0 Å². The van der Waals surface area contributed by atoms with Gasteiger partial charge in [0.1, 0.15) is 23.0 Å². The maximum atomic E-state index is 11.5. The summed E-state index contributed by atoms with van der Waals surface area (Å²) in [6.07, 6.45) is -2.06. The molecule has 6 heteroatoms. The van der Waals surface area contributed by atoms with Crippen LogP contribution in [-0.2, 0) is 9.53 Å². The number of ether oxygens (including phenoxy) is 2. The highest BCUT2D eigenvalue weighted by Gasteiger charge is 2.46. The Morgan fingerprint density at radius 3 is 2.64 bits per heavy atom. The molecule has 0 spiro atoms. The first-order chi connectivity index (χ1) is 10.3. The molecule has 6 nitrogen and oxygen atoms in total. The van der Waals surface area contributed by atoms with Crippen LogP contribution in [-0.4, -0.2) is 22.8 Å². The standard InChI is InChI=1S/C16H16O6/c1-8(17)20-15-13(19)12-10(22-16(15,2)3)6-4-9-5-7-11(18)21-14(9)12/h4-7,13,15,19H,1-3H3/t13-,15-/m1/s1. The molecule has 2 aromatic rings. The highest BCUT2D eigenvalue weighted by molar-refractivity contribution is 5.83. The number of esters is 1. The molecule has 22 heavy (non-hydrogen) atoms. The first-order valence-corrected chi connectivity index (χ1v) is 6.90. The van der Waals surface area contributed by atoms with Crippen molar-refractivity contribution in [1.29, 1.82) is 0 Å². The Hall–Kier alpha value is -2.34. The third kappa shape index (κ3) is 2.25. The predicted octanol–water partition coefficient (Wildman–Crippen LogP) is 1.93. The molecule has 0 saturated carbocycles. The summed E-state index contributed by atoms with van der Waals surface area (Å²) in [5.41, 5.74) is -0.881. The van der Waals surface area contributed by atoms with Gasteiger partial charge >= 0.3 is 11.6 Å². The molecule has 1 aliphatic heterocycles. The predicted molar refractivity (Wildman–Crippen MR) is 77.7 cm³/mol. The van der Waals surface area contributed by atoms with Crippen LogP contribution in [0.25, 0.3) is 11.0 Å². The van der Waals surface area contributed by atoms with E-state index in [9.17, 15) is 14.7 Å². The smallest absolute Gasteiger partial charge is 0.336 e. The fourth-order valence-corrected chi connectivity index (χ4v) is 2.76. The number of aliphatic hydroxyl groups is 1. The van der Waals surface area contributed by atoms with Gasteiger partial charge in [-0.1, -0.05) is 0 Å². The lowest BCUT2D eigenvalue weighted by molar-refractivity contribution is -0.174. The van der Waals surface area contributed by atoms with Gasteiger partial charge in [0, 0.05) is 18.4 Å². The van der Waals surface area contributed by atoms with Crippen LogP contribution < -0.4 is 10.4 Å². The molecule has 0 bridgehead atoms. The lowest BCUT2D eigenvalue weighted by atomic mass is 9.87. The number of carbonyl (C=O) groups is 1. The summed E-state index contributed by atoms with van der Waals surface area (Å²) >= 11 is 0. The van der Waals surface area contributed by atoms with Gasteiger partial charge in [-0.05, 0) is 32.0 Å². The van der Waals surface area contributed by atoms with E-state index in [1.54, 1.807) is 32.0 Å². The Labute approximate surface area is 126 Å². The molecule has 2 atom stereocenters. The molecule has 1 aromatic heterocycles. The minimum atomic E-state index is -1.16. The third-order valence-corrected chi connectivity index (χ3v) is 3.72. The number of benzene rings is 1. The number of fused-ring (bicyclic) bond motifs is 3. The van der Waals surface area contributed by atoms with Crippen LogP contribution in [0.2, 0.25) is 0 Å². The zero-order valence-corrected chi connectivity index (χ0v) is 12.5. The monoisotopic (exact) mass is 304 g/mol. The number of aliphatic hydroxyl groups excluding tert-OH is 1. The second-order valence-electron chi connectivity index (χ2n) is 5.83. The van der Waals surface area contributed by atoms with Crippen molar-refractivity contribution >= 4 is 16.9 Å². The number of rotatable bonds is 1. The average Bonchev–Trinajstić information content (AvgIpc) is 2.42. The minimum absolute atomic E-state index is 0.241. The Kier molecular flexibility index (Phi) is 3.21. The summed E-state index contributed by atoms with van der Waals surface area (Å²) in [6, 6.07) is 6.35. The molecule has 0 unspecified atom stereocenters. The van der Waals surface area contributed by atoms with Crippen molar-refractivity contribution in [1.82, 2.24) is 0 Å². The molecule has 0 radical (unpaired) electrons. The van der Waals surface area contributed by atoms with E-state index in [2.05, 4.69) is 0 Å². The highest BCUT2D eigenvalue weighted by Crippen LogP contribution is 2.44. The van der Waals surface area contributed by atoms with Crippen LogP contribution in [0, 0.1) is 0 Å². The van der Waals surface area contributed by atoms with Gasteiger partial charge in [-0.2, -0.15) is 0 Å². The molecule has 1 N–H and O–H groups in total. The van der Waals surface area contributed by atoms with Gasteiger partial charge in [-0.25, -0.2) is 4.79 Å². The fourth-order valence-electron chi connectivity index (χ4n) is 2.76. The Balaban J connectivity index is 2.23. The summed E-state index contributed by atoms with van der Waals surface area (Å²) in [4.78, 5) is 22.8. The average molecular weight is 304 g/mol. The molecule has 0 amide bonds. The van der Waals surface area contributed by atoms with Gasteiger partial charge in [-0.15, -0.1) is 0 Å². The largest absolute Gasteiger partial charge is 0.483 e. The summed E-state index contributed by atoms with van der Waals surface area (Å²) in [7, 11) is 0. The van der Waals surface area contributed by atoms with E-state index in [1.165, 1.54) is 13.0 Å². The van der Waals surface area contributed by atoms with E-state index >= 15 is 0 Å². The zero-order chi connectivity index (χ0) is 16.1. The van der Waals surface area contributed by atoms with Crippen molar-refractivity contribution in [3.63, 3.8) is 0 Å². The minimum Gasteiger partial charge on any atom is -0.483 e. The van der Waals surface area contributed by atoms with Crippen LogP contribution in [0.15, 0.2) is 33.5 Å². The van der Waals surface area contributed by atoms with E-state index in [4.69, 9.17) is 13.9 Å². The molecule has 0 fully saturated rings.